The summed E-state index contributed by atoms with van der Waals surface area (Å²) < 4.78 is 5.37. The van der Waals surface area contributed by atoms with Gasteiger partial charge in [-0.25, -0.2) is 0 Å². The zero-order valence-electron chi connectivity index (χ0n) is 11.6. The molecule has 0 aliphatic carbocycles. The maximum absolute atomic E-state index is 5.37. The van der Waals surface area contributed by atoms with Crippen molar-refractivity contribution in [3.05, 3.63) is 35.4 Å². The van der Waals surface area contributed by atoms with Gasteiger partial charge < -0.3 is 15.0 Å². The predicted octanol–water partition coefficient (Wildman–Crippen LogP) is 1.80. The highest BCUT2D eigenvalue weighted by Crippen LogP contribution is 2.12. The van der Waals surface area contributed by atoms with Crippen molar-refractivity contribution in [1.82, 2.24) is 10.2 Å². The first-order valence-corrected chi connectivity index (χ1v) is 6.67. The molecule has 1 saturated heterocycles. The highest BCUT2D eigenvalue weighted by molar-refractivity contribution is 5.21. The second-order valence-corrected chi connectivity index (χ2v) is 5.38. The summed E-state index contributed by atoms with van der Waals surface area (Å²) in [5.74, 6) is 0. The van der Waals surface area contributed by atoms with Crippen molar-refractivity contribution in [2.75, 3.05) is 27.2 Å². The number of nitrogens with one attached hydrogen (secondary N) is 1. The lowest BCUT2D eigenvalue weighted by Crippen LogP contribution is -2.34. The summed E-state index contributed by atoms with van der Waals surface area (Å²) >= 11 is 0. The predicted molar refractivity (Wildman–Crippen MR) is 74.7 cm³/mol. The molecule has 0 bridgehead atoms. The molecule has 3 heteroatoms. The maximum atomic E-state index is 5.37. The Morgan fingerprint density at radius 3 is 2.67 bits per heavy atom. The topological polar surface area (TPSA) is 24.5 Å². The molecule has 0 amide bonds. The molecule has 1 aliphatic rings. The van der Waals surface area contributed by atoms with Gasteiger partial charge in [0.1, 0.15) is 0 Å². The first-order valence-electron chi connectivity index (χ1n) is 6.67. The molecular formula is C15H24N2O. The van der Waals surface area contributed by atoms with Gasteiger partial charge in [-0.2, -0.15) is 0 Å². The zero-order chi connectivity index (χ0) is 13.0. The van der Waals surface area contributed by atoms with Gasteiger partial charge in [0.2, 0.25) is 0 Å². The van der Waals surface area contributed by atoms with E-state index < -0.39 is 0 Å². The largest absolute Gasteiger partial charge is 0.380 e. The third-order valence-corrected chi connectivity index (χ3v) is 3.62. The van der Waals surface area contributed by atoms with Crippen LogP contribution in [-0.4, -0.2) is 44.3 Å². The second-order valence-electron chi connectivity index (χ2n) is 5.38. The summed E-state index contributed by atoms with van der Waals surface area (Å²) in [7, 11) is 3.98. The Kier molecular flexibility index (Phi) is 4.75. The van der Waals surface area contributed by atoms with Gasteiger partial charge in [0.15, 0.2) is 0 Å². The molecule has 1 fully saturated rings. The third kappa shape index (κ3) is 3.80. The molecule has 1 aromatic carbocycles. The Hall–Kier alpha value is -0.900. The highest BCUT2D eigenvalue weighted by atomic mass is 16.5. The number of likely N-dealkylation sites (N-methyl/N-ethyl adjacent to an activating group) is 1. The maximum Gasteiger partial charge on any atom is 0.0711 e. The molecule has 0 radical (unpaired) electrons. The average Bonchev–Trinajstić information content (AvgIpc) is 2.79. The lowest BCUT2D eigenvalue weighted by Gasteiger charge is -2.21. The number of hydrogen-bond donors (Lipinski definition) is 1. The van der Waals surface area contributed by atoms with Crippen LogP contribution in [-0.2, 0) is 11.3 Å². The van der Waals surface area contributed by atoms with Gasteiger partial charge >= 0.3 is 0 Å². The van der Waals surface area contributed by atoms with E-state index in [9.17, 15) is 0 Å². The third-order valence-electron chi connectivity index (χ3n) is 3.62. The van der Waals surface area contributed by atoms with E-state index in [2.05, 4.69) is 48.5 Å². The molecule has 1 N–H and O–H groups in total. The summed E-state index contributed by atoms with van der Waals surface area (Å²) in [6.45, 7) is 5.20. The summed E-state index contributed by atoms with van der Waals surface area (Å²) in [5.41, 5.74) is 2.70. The first-order chi connectivity index (χ1) is 8.67. The van der Waals surface area contributed by atoms with Crippen molar-refractivity contribution in [2.24, 2.45) is 0 Å². The molecule has 3 nitrogen and oxygen atoms in total. The van der Waals surface area contributed by atoms with Gasteiger partial charge in [-0.3, -0.25) is 0 Å². The van der Waals surface area contributed by atoms with E-state index in [1.54, 1.807) is 7.11 Å². The zero-order valence-corrected chi connectivity index (χ0v) is 11.6. The van der Waals surface area contributed by atoms with Crippen LogP contribution in [0.1, 0.15) is 17.5 Å². The van der Waals surface area contributed by atoms with Gasteiger partial charge in [-0.05, 0) is 26.0 Å². The van der Waals surface area contributed by atoms with Crippen LogP contribution in [0.3, 0.4) is 0 Å². The van der Waals surface area contributed by atoms with Crippen LogP contribution in [0.4, 0.5) is 0 Å². The Bertz CT molecular complexity index is 363. The highest BCUT2D eigenvalue weighted by Gasteiger charge is 2.24. The summed E-state index contributed by atoms with van der Waals surface area (Å²) in [4.78, 5) is 2.38. The van der Waals surface area contributed by atoms with Gasteiger partial charge in [0.25, 0.3) is 0 Å². The van der Waals surface area contributed by atoms with Crippen molar-refractivity contribution in [1.29, 1.82) is 0 Å². The van der Waals surface area contributed by atoms with E-state index in [0.29, 0.717) is 12.1 Å². The summed E-state index contributed by atoms with van der Waals surface area (Å²) in [5, 5.41) is 3.52. The van der Waals surface area contributed by atoms with E-state index in [-0.39, 0.29) is 0 Å². The van der Waals surface area contributed by atoms with Crippen molar-refractivity contribution >= 4 is 0 Å². The number of rotatable bonds is 5. The Balaban J connectivity index is 1.78. The Morgan fingerprint density at radius 2 is 2.06 bits per heavy atom. The molecule has 1 aromatic rings. The molecular weight excluding hydrogens is 224 g/mol. The number of ether oxygens (including phenoxy) is 1. The Labute approximate surface area is 110 Å². The van der Waals surface area contributed by atoms with E-state index in [4.69, 9.17) is 4.74 Å². The summed E-state index contributed by atoms with van der Waals surface area (Å²) in [6.07, 6.45) is 1.51. The summed E-state index contributed by atoms with van der Waals surface area (Å²) in [6, 6.07) is 9.35. The normalized spacial score (nSPS) is 23.8. The van der Waals surface area contributed by atoms with E-state index in [1.807, 2.05) is 0 Å². The molecule has 2 atom stereocenters. The average molecular weight is 248 g/mol. The van der Waals surface area contributed by atoms with Gasteiger partial charge in [0, 0.05) is 32.8 Å². The second kappa shape index (κ2) is 6.32. The Morgan fingerprint density at radius 1 is 1.33 bits per heavy atom. The molecule has 2 unspecified atom stereocenters. The van der Waals surface area contributed by atoms with E-state index >= 15 is 0 Å². The van der Waals surface area contributed by atoms with Crippen molar-refractivity contribution in [3.63, 3.8) is 0 Å². The quantitative estimate of drug-likeness (QED) is 0.860. The van der Waals surface area contributed by atoms with Crippen LogP contribution in [0.5, 0.6) is 0 Å². The molecule has 0 spiro atoms. The fourth-order valence-corrected chi connectivity index (χ4v) is 2.55. The molecule has 0 saturated carbocycles. The van der Waals surface area contributed by atoms with Crippen LogP contribution in [0.15, 0.2) is 24.3 Å². The smallest absolute Gasteiger partial charge is 0.0711 e. The molecule has 0 aromatic heterocycles. The van der Waals surface area contributed by atoms with Gasteiger partial charge in [-0.1, -0.05) is 29.8 Å². The monoisotopic (exact) mass is 248 g/mol. The van der Waals surface area contributed by atoms with Crippen LogP contribution in [0.2, 0.25) is 0 Å². The lowest BCUT2D eigenvalue weighted by molar-refractivity contribution is 0.116. The fraction of sp³-hybridized carbons (Fsp3) is 0.600. The SMILES string of the molecule is COC1CNC(CN(C)Cc2ccc(C)cc2)C1. The standard InChI is InChI=1S/C15H24N2O/c1-12-4-6-13(7-5-12)10-17(2)11-14-8-15(18-3)9-16-14/h4-7,14-16H,8-11H2,1-3H3. The fourth-order valence-electron chi connectivity index (χ4n) is 2.55. The number of benzene rings is 1. The minimum absolute atomic E-state index is 0.391. The molecule has 2 rings (SSSR count). The van der Waals surface area contributed by atoms with Crippen LogP contribution in [0.25, 0.3) is 0 Å². The van der Waals surface area contributed by atoms with E-state index in [0.717, 1.165) is 26.1 Å². The minimum atomic E-state index is 0.391. The van der Waals surface area contributed by atoms with E-state index in [1.165, 1.54) is 11.1 Å². The first kappa shape index (κ1) is 13.5. The number of nitrogens with zero attached hydrogens (tertiary/aromatic N) is 1. The molecule has 100 valence electrons. The molecule has 1 heterocycles. The lowest BCUT2D eigenvalue weighted by atomic mass is 10.1. The molecule has 1 aliphatic heterocycles. The van der Waals surface area contributed by atoms with Crippen LogP contribution < -0.4 is 5.32 Å². The van der Waals surface area contributed by atoms with Crippen LogP contribution >= 0.6 is 0 Å². The van der Waals surface area contributed by atoms with Gasteiger partial charge in [-0.15, -0.1) is 0 Å². The number of methoxy groups -OCH3 is 1. The van der Waals surface area contributed by atoms with Crippen molar-refractivity contribution < 1.29 is 4.74 Å². The number of hydrogen-bond acceptors (Lipinski definition) is 3. The van der Waals surface area contributed by atoms with Crippen molar-refractivity contribution in [2.45, 2.75) is 32.0 Å². The number of aryl methyl sites for hydroxylation is 1. The van der Waals surface area contributed by atoms with Crippen LogP contribution in [0, 0.1) is 6.92 Å². The molecule has 18 heavy (non-hydrogen) atoms. The van der Waals surface area contributed by atoms with Crippen molar-refractivity contribution in [3.8, 4) is 0 Å². The van der Waals surface area contributed by atoms with Gasteiger partial charge in [0.05, 0.1) is 6.10 Å². The minimum Gasteiger partial charge on any atom is -0.380 e.